The van der Waals surface area contributed by atoms with Gasteiger partial charge in [0, 0.05) is 14.7 Å². The van der Waals surface area contributed by atoms with Crippen molar-refractivity contribution in [2.45, 2.75) is 0 Å². The number of aromatic nitrogens is 2. The van der Waals surface area contributed by atoms with Gasteiger partial charge >= 0.3 is 0 Å². The summed E-state index contributed by atoms with van der Waals surface area (Å²) in [6.07, 6.45) is 1.65. The highest BCUT2D eigenvalue weighted by molar-refractivity contribution is 9.11. The van der Waals surface area contributed by atoms with E-state index in [-0.39, 0.29) is 5.56 Å². The van der Waals surface area contributed by atoms with Gasteiger partial charge in [-0.15, -0.1) is 11.3 Å². The molecule has 0 aliphatic heterocycles. The maximum absolute atomic E-state index is 13.2. The maximum Gasteiger partial charge on any atom is 0.282 e. The van der Waals surface area contributed by atoms with Crippen molar-refractivity contribution in [3.8, 4) is 11.6 Å². The lowest BCUT2D eigenvalue weighted by Crippen LogP contribution is -2.20. The molecule has 5 rings (SSSR count). The Bertz CT molecular complexity index is 1470. The summed E-state index contributed by atoms with van der Waals surface area (Å²) in [7, 11) is 0. The predicted octanol–water partition coefficient (Wildman–Crippen LogP) is 6.28. The Labute approximate surface area is 185 Å². The van der Waals surface area contributed by atoms with Crippen molar-refractivity contribution in [2.75, 3.05) is 0 Å². The number of fused-ring (bicyclic) bond motifs is 2. The number of para-hydroxylation sites is 1. The van der Waals surface area contributed by atoms with E-state index in [1.165, 1.54) is 16.0 Å². The molecule has 0 amide bonds. The van der Waals surface area contributed by atoms with Crippen molar-refractivity contribution >= 4 is 71.3 Å². The molecule has 0 aliphatic rings. The SMILES string of the molecule is O=c1c2ccccc2nc(-c2cc3cc(Br)ccc3o2)n1N=Cc1ccc(Br)s1. The smallest absolute Gasteiger partial charge is 0.282 e. The third-order valence-electron chi connectivity index (χ3n) is 4.35. The fourth-order valence-electron chi connectivity index (χ4n) is 3.03. The van der Waals surface area contributed by atoms with Crippen LogP contribution < -0.4 is 5.56 Å². The average molecular weight is 529 g/mol. The summed E-state index contributed by atoms with van der Waals surface area (Å²) in [6, 6.07) is 18.7. The minimum atomic E-state index is -0.251. The highest BCUT2D eigenvalue weighted by Crippen LogP contribution is 2.29. The third kappa shape index (κ3) is 3.48. The Morgan fingerprint density at radius 1 is 1.07 bits per heavy atom. The Kier molecular flexibility index (Phi) is 4.69. The first-order valence-electron chi connectivity index (χ1n) is 8.59. The number of benzene rings is 2. The van der Waals surface area contributed by atoms with Crippen molar-refractivity contribution in [3.63, 3.8) is 0 Å². The van der Waals surface area contributed by atoms with Crippen molar-refractivity contribution in [1.29, 1.82) is 0 Å². The number of furan rings is 1. The first-order valence-corrected chi connectivity index (χ1v) is 11.0. The summed E-state index contributed by atoms with van der Waals surface area (Å²) in [5, 5.41) is 5.85. The van der Waals surface area contributed by atoms with Gasteiger partial charge in [0.2, 0.25) is 5.82 Å². The van der Waals surface area contributed by atoms with E-state index in [2.05, 4.69) is 41.9 Å². The molecule has 2 aromatic carbocycles. The van der Waals surface area contributed by atoms with E-state index in [1.54, 1.807) is 12.3 Å². The molecule has 0 saturated heterocycles. The van der Waals surface area contributed by atoms with Gasteiger partial charge in [0.1, 0.15) is 5.58 Å². The van der Waals surface area contributed by atoms with Crippen LogP contribution in [0.5, 0.6) is 0 Å². The quantitative estimate of drug-likeness (QED) is 0.259. The number of halogens is 2. The molecular weight excluding hydrogens is 518 g/mol. The zero-order chi connectivity index (χ0) is 20.0. The predicted molar refractivity (Wildman–Crippen MR) is 124 cm³/mol. The Balaban J connectivity index is 1.75. The van der Waals surface area contributed by atoms with Gasteiger partial charge < -0.3 is 4.42 Å². The monoisotopic (exact) mass is 527 g/mol. The van der Waals surface area contributed by atoms with Crippen LogP contribution in [0.25, 0.3) is 33.5 Å². The van der Waals surface area contributed by atoms with E-state index in [0.717, 1.165) is 18.5 Å². The Morgan fingerprint density at radius 2 is 1.93 bits per heavy atom. The van der Waals surface area contributed by atoms with E-state index in [9.17, 15) is 4.79 Å². The summed E-state index contributed by atoms with van der Waals surface area (Å²) >= 11 is 8.44. The van der Waals surface area contributed by atoms with Gasteiger partial charge in [0.25, 0.3) is 5.56 Å². The molecule has 0 atom stereocenters. The second kappa shape index (κ2) is 7.37. The largest absolute Gasteiger partial charge is 0.453 e. The number of thiophene rings is 1. The number of rotatable bonds is 3. The fourth-order valence-corrected chi connectivity index (χ4v) is 4.70. The van der Waals surface area contributed by atoms with Gasteiger partial charge in [-0.05, 0) is 64.5 Å². The highest BCUT2D eigenvalue weighted by Gasteiger charge is 2.16. The molecule has 0 unspecified atom stereocenters. The minimum Gasteiger partial charge on any atom is -0.453 e. The first-order chi connectivity index (χ1) is 14.1. The van der Waals surface area contributed by atoms with Crippen molar-refractivity contribution < 1.29 is 4.42 Å². The van der Waals surface area contributed by atoms with Crippen LogP contribution in [0, 0.1) is 0 Å². The Hall–Kier alpha value is -2.55. The molecule has 5 aromatic rings. The molecule has 0 N–H and O–H groups in total. The standard InChI is InChI=1S/C21H11Br2N3O2S/c22-13-5-7-17-12(9-13)10-18(28-17)20-25-16-4-2-1-3-15(16)21(27)26(20)24-11-14-6-8-19(23)29-14/h1-11H. The summed E-state index contributed by atoms with van der Waals surface area (Å²) in [4.78, 5) is 18.8. The van der Waals surface area contributed by atoms with E-state index >= 15 is 0 Å². The lowest BCUT2D eigenvalue weighted by Gasteiger charge is -2.06. The maximum atomic E-state index is 13.2. The highest BCUT2D eigenvalue weighted by atomic mass is 79.9. The molecule has 0 aliphatic carbocycles. The van der Waals surface area contributed by atoms with E-state index < -0.39 is 0 Å². The van der Waals surface area contributed by atoms with Gasteiger partial charge in [0.15, 0.2) is 5.76 Å². The van der Waals surface area contributed by atoms with Gasteiger partial charge in [-0.25, -0.2) is 4.98 Å². The molecule has 3 aromatic heterocycles. The molecule has 5 nitrogen and oxygen atoms in total. The summed E-state index contributed by atoms with van der Waals surface area (Å²) in [5.74, 6) is 0.832. The molecule has 0 radical (unpaired) electrons. The van der Waals surface area contributed by atoms with Crippen LogP contribution in [0.15, 0.2) is 83.2 Å². The molecule has 0 fully saturated rings. The molecule has 3 heterocycles. The molecule has 8 heteroatoms. The van der Waals surface area contributed by atoms with Crippen LogP contribution in [-0.2, 0) is 0 Å². The zero-order valence-corrected chi connectivity index (χ0v) is 18.7. The van der Waals surface area contributed by atoms with Gasteiger partial charge in [-0.1, -0.05) is 28.1 Å². The van der Waals surface area contributed by atoms with Crippen LogP contribution in [0.1, 0.15) is 4.88 Å². The summed E-state index contributed by atoms with van der Waals surface area (Å²) in [6.45, 7) is 0. The second-order valence-electron chi connectivity index (χ2n) is 6.25. The number of hydrogen-bond donors (Lipinski definition) is 0. The van der Waals surface area contributed by atoms with Crippen molar-refractivity contribution in [1.82, 2.24) is 9.66 Å². The van der Waals surface area contributed by atoms with Crippen LogP contribution in [-0.4, -0.2) is 15.9 Å². The lowest BCUT2D eigenvalue weighted by molar-refractivity contribution is 0.616. The second-order valence-corrected chi connectivity index (χ2v) is 9.66. The van der Waals surface area contributed by atoms with Gasteiger partial charge in [0.05, 0.1) is 20.9 Å². The summed E-state index contributed by atoms with van der Waals surface area (Å²) < 4.78 is 9.22. The molecule has 29 heavy (non-hydrogen) atoms. The number of nitrogens with zero attached hydrogens (tertiary/aromatic N) is 3. The summed E-state index contributed by atoms with van der Waals surface area (Å²) in [5.41, 5.74) is 1.06. The van der Waals surface area contributed by atoms with Crippen LogP contribution in [0.4, 0.5) is 0 Å². The minimum absolute atomic E-state index is 0.251. The average Bonchev–Trinajstić information content (AvgIpc) is 3.32. The molecule has 0 spiro atoms. The van der Waals surface area contributed by atoms with E-state index in [4.69, 9.17) is 4.42 Å². The fraction of sp³-hybridized carbons (Fsp3) is 0. The van der Waals surface area contributed by atoms with E-state index in [1.807, 2.05) is 54.6 Å². The topological polar surface area (TPSA) is 60.4 Å². The van der Waals surface area contributed by atoms with Gasteiger partial charge in [-0.2, -0.15) is 9.78 Å². The van der Waals surface area contributed by atoms with E-state index in [0.29, 0.717) is 28.1 Å². The van der Waals surface area contributed by atoms with Gasteiger partial charge in [-0.3, -0.25) is 4.79 Å². The van der Waals surface area contributed by atoms with Crippen molar-refractivity contribution in [2.24, 2.45) is 5.10 Å². The molecule has 0 saturated carbocycles. The van der Waals surface area contributed by atoms with Crippen LogP contribution >= 0.6 is 43.2 Å². The molecule has 142 valence electrons. The number of hydrogen-bond acceptors (Lipinski definition) is 5. The van der Waals surface area contributed by atoms with Crippen molar-refractivity contribution in [3.05, 3.63) is 84.2 Å². The normalized spacial score (nSPS) is 11.8. The zero-order valence-electron chi connectivity index (χ0n) is 14.7. The van der Waals surface area contributed by atoms with Crippen LogP contribution in [0.2, 0.25) is 0 Å². The third-order valence-corrected chi connectivity index (χ3v) is 6.40. The molecular formula is C21H11Br2N3O2S. The van der Waals surface area contributed by atoms with Crippen LogP contribution in [0.3, 0.4) is 0 Å². The molecule has 0 bridgehead atoms. The first kappa shape index (κ1) is 18.5. The lowest BCUT2D eigenvalue weighted by atomic mass is 10.2. The Morgan fingerprint density at radius 3 is 2.76 bits per heavy atom.